The largest absolute Gasteiger partial charge is 0.460 e. The molecule has 6 heteroatoms. The monoisotopic (exact) mass is 400 g/mol. The van der Waals surface area contributed by atoms with Gasteiger partial charge >= 0.3 is 0 Å². The number of furan rings is 1. The first kappa shape index (κ1) is 18.6. The van der Waals surface area contributed by atoms with E-state index < -0.39 is 0 Å². The number of benzene rings is 2. The first-order valence-electron chi connectivity index (χ1n) is 10.4. The summed E-state index contributed by atoms with van der Waals surface area (Å²) in [5.41, 5.74) is 2.72. The molecule has 0 aliphatic carbocycles. The van der Waals surface area contributed by atoms with Gasteiger partial charge in [0.1, 0.15) is 11.3 Å². The van der Waals surface area contributed by atoms with E-state index in [0.717, 1.165) is 60.6 Å². The van der Waals surface area contributed by atoms with Crippen molar-refractivity contribution in [2.75, 3.05) is 18.4 Å². The van der Waals surface area contributed by atoms with Crippen molar-refractivity contribution in [1.82, 2.24) is 14.7 Å². The minimum absolute atomic E-state index is 0.0442. The van der Waals surface area contributed by atoms with Gasteiger partial charge in [-0.15, -0.1) is 0 Å². The van der Waals surface area contributed by atoms with Crippen LogP contribution in [0.5, 0.6) is 0 Å². The van der Waals surface area contributed by atoms with Gasteiger partial charge in [0.05, 0.1) is 12.2 Å². The van der Waals surface area contributed by atoms with Crippen LogP contribution in [0.4, 0.5) is 5.69 Å². The number of nitrogens with one attached hydrogen (secondary N) is 1. The summed E-state index contributed by atoms with van der Waals surface area (Å²) in [5, 5.41) is 8.42. The molecule has 3 heterocycles. The van der Waals surface area contributed by atoms with Crippen molar-refractivity contribution in [3.63, 3.8) is 0 Å². The van der Waals surface area contributed by atoms with Gasteiger partial charge < -0.3 is 9.73 Å². The number of carbonyl (C=O) groups excluding carboxylic acids is 1. The third kappa shape index (κ3) is 4.00. The number of carbonyl (C=O) groups is 1. The Balaban J connectivity index is 1.14. The second-order valence-corrected chi connectivity index (χ2v) is 7.79. The summed E-state index contributed by atoms with van der Waals surface area (Å²) in [6.07, 6.45) is 5.36. The van der Waals surface area contributed by atoms with Crippen LogP contribution in [0.15, 0.2) is 77.5 Å². The second kappa shape index (κ2) is 8.16. The number of aromatic nitrogens is 2. The summed E-state index contributed by atoms with van der Waals surface area (Å²) in [6, 6.07) is 19.8. The van der Waals surface area contributed by atoms with Crippen LogP contribution in [0.1, 0.15) is 18.6 Å². The predicted molar refractivity (Wildman–Crippen MR) is 116 cm³/mol. The lowest BCUT2D eigenvalue weighted by Crippen LogP contribution is -2.37. The molecule has 2 aromatic carbocycles. The molecule has 1 aliphatic rings. The highest BCUT2D eigenvalue weighted by atomic mass is 16.3. The fraction of sp³-hybridized carbons (Fsp3) is 0.250. The minimum Gasteiger partial charge on any atom is -0.460 e. The minimum atomic E-state index is 0.0442. The van der Waals surface area contributed by atoms with Gasteiger partial charge in [-0.05, 0) is 68.4 Å². The SMILES string of the molecule is O=C(Nc1ccc(-n2cccn2)cc1)C1CCN(Cc2cc3ccccc3o2)CC1. The van der Waals surface area contributed by atoms with Crippen molar-refractivity contribution in [2.45, 2.75) is 19.4 Å². The molecule has 5 rings (SSSR count). The topological polar surface area (TPSA) is 63.3 Å². The summed E-state index contributed by atoms with van der Waals surface area (Å²) in [6.45, 7) is 2.58. The maximum atomic E-state index is 12.7. The highest BCUT2D eigenvalue weighted by Gasteiger charge is 2.25. The molecular formula is C24H24N4O2. The van der Waals surface area contributed by atoms with Crippen LogP contribution < -0.4 is 5.32 Å². The molecule has 1 saturated heterocycles. The number of likely N-dealkylation sites (tertiary alicyclic amines) is 1. The first-order chi connectivity index (χ1) is 14.7. The van der Waals surface area contributed by atoms with Gasteiger partial charge in [0.2, 0.25) is 5.91 Å². The van der Waals surface area contributed by atoms with Crippen molar-refractivity contribution >= 4 is 22.6 Å². The van der Waals surface area contributed by atoms with Gasteiger partial charge in [-0.25, -0.2) is 4.68 Å². The molecule has 30 heavy (non-hydrogen) atoms. The fourth-order valence-corrected chi connectivity index (χ4v) is 4.05. The number of piperidine rings is 1. The van der Waals surface area contributed by atoms with Crippen LogP contribution in [0, 0.1) is 5.92 Å². The maximum Gasteiger partial charge on any atom is 0.227 e. The summed E-state index contributed by atoms with van der Waals surface area (Å²) in [4.78, 5) is 15.1. The van der Waals surface area contributed by atoms with Gasteiger partial charge in [-0.3, -0.25) is 9.69 Å². The standard InChI is InChI=1S/C24H24N4O2/c29-24(26-20-6-8-21(9-7-20)28-13-3-12-25-28)18-10-14-27(15-11-18)17-22-16-19-4-1-2-5-23(19)30-22/h1-9,12-13,16,18H,10-11,14-15,17H2,(H,26,29). The highest BCUT2D eigenvalue weighted by molar-refractivity contribution is 5.92. The zero-order valence-electron chi connectivity index (χ0n) is 16.7. The Morgan fingerprint density at radius 1 is 1.07 bits per heavy atom. The molecule has 0 saturated carbocycles. The van der Waals surface area contributed by atoms with Gasteiger partial charge in [-0.2, -0.15) is 5.10 Å². The van der Waals surface area contributed by atoms with Gasteiger partial charge in [0.15, 0.2) is 0 Å². The number of hydrogen-bond acceptors (Lipinski definition) is 4. The van der Waals surface area contributed by atoms with E-state index in [9.17, 15) is 4.79 Å². The molecule has 1 amide bonds. The van der Waals surface area contributed by atoms with Crippen molar-refractivity contribution in [3.8, 4) is 5.69 Å². The Morgan fingerprint density at radius 3 is 2.60 bits per heavy atom. The molecule has 152 valence electrons. The quantitative estimate of drug-likeness (QED) is 0.537. The molecular weight excluding hydrogens is 376 g/mol. The molecule has 0 unspecified atom stereocenters. The summed E-state index contributed by atoms with van der Waals surface area (Å²) < 4.78 is 7.73. The molecule has 4 aromatic rings. The fourth-order valence-electron chi connectivity index (χ4n) is 4.05. The maximum absolute atomic E-state index is 12.7. The zero-order chi connectivity index (χ0) is 20.3. The summed E-state index contributed by atoms with van der Waals surface area (Å²) in [5.74, 6) is 1.13. The summed E-state index contributed by atoms with van der Waals surface area (Å²) >= 11 is 0. The second-order valence-electron chi connectivity index (χ2n) is 7.79. The normalized spacial score (nSPS) is 15.5. The number of amides is 1. The number of anilines is 1. The Bertz CT molecular complexity index is 1090. The summed E-state index contributed by atoms with van der Waals surface area (Å²) in [7, 11) is 0. The molecule has 0 atom stereocenters. The highest BCUT2D eigenvalue weighted by Crippen LogP contribution is 2.24. The van der Waals surface area contributed by atoms with Crippen LogP contribution in [0.3, 0.4) is 0 Å². The van der Waals surface area contributed by atoms with E-state index in [1.54, 1.807) is 10.9 Å². The van der Waals surface area contributed by atoms with Crippen molar-refractivity contribution in [2.24, 2.45) is 5.92 Å². The van der Waals surface area contributed by atoms with Crippen molar-refractivity contribution < 1.29 is 9.21 Å². The number of hydrogen-bond donors (Lipinski definition) is 1. The van der Waals surface area contributed by atoms with Crippen LogP contribution in [-0.2, 0) is 11.3 Å². The molecule has 0 radical (unpaired) electrons. The van der Waals surface area contributed by atoms with Crippen LogP contribution in [-0.4, -0.2) is 33.7 Å². The number of para-hydroxylation sites is 1. The van der Waals surface area contributed by atoms with Crippen LogP contribution in [0.25, 0.3) is 16.7 Å². The molecule has 1 N–H and O–H groups in total. The lowest BCUT2D eigenvalue weighted by Gasteiger charge is -2.30. The Hall–Kier alpha value is -3.38. The van der Waals surface area contributed by atoms with E-state index in [-0.39, 0.29) is 11.8 Å². The van der Waals surface area contributed by atoms with Gasteiger partial charge in [0, 0.05) is 29.4 Å². The van der Waals surface area contributed by atoms with E-state index in [4.69, 9.17) is 4.42 Å². The van der Waals surface area contributed by atoms with E-state index in [0.29, 0.717) is 0 Å². The van der Waals surface area contributed by atoms with E-state index in [2.05, 4.69) is 27.4 Å². The average Bonchev–Trinajstić information content (AvgIpc) is 3.44. The molecule has 6 nitrogen and oxygen atoms in total. The Morgan fingerprint density at radius 2 is 1.87 bits per heavy atom. The third-order valence-electron chi connectivity index (χ3n) is 5.72. The average molecular weight is 400 g/mol. The third-order valence-corrected chi connectivity index (χ3v) is 5.72. The lowest BCUT2D eigenvalue weighted by molar-refractivity contribution is -0.121. The van der Waals surface area contributed by atoms with E-state index >= 15 is 0 Å². The van der Waals surface area contributed by atoms with Gasteiger partial charge in [-0.1, -0.05) is 18.2 Å². The molecule has 1 aliphatic heterocycles. The number of rotatable bonds is 5. The number of nitrogens with zero attached hydrogens (tertiary/aromatic N) is 3. The van der Waals surface area contributed by atoms with E-state index in [1.165, 1.54) is 0 Å². The predicted octanol–water partition coefficient (Wildman–Crippen LogP) is 4.47. The molecule has 0 bridgehead atoms. The van der Waals surface area contributed by atoms with E-state index in [1.807, 2.05) is 54.7 Å². The molecule has 0 spiro atoms. The van der Waals surface area contributed by atoms with Crippen molar-refractivity contribution in [1.29, 1.82) is 0 Å². The zero-order valence-corrected chi connectivity index (χ0v) is 16.7. The Labute approximate surface area is 175 Å². The van der Waals surface area contributed by atoms with Crippen LogP contribution >= 0.6 is 0 Å². The Kier molecular flexibility index (Phi) is 5.07. The first-order valence-corrected chi connectivity index (χ1v) is 10.4. The lowest BCUT2D eigenvalue weighted by atomic mass is 9.95. The van der Waals surface area contributed by atoms with Crippen molar-refractivity contribution in [3.05, 3.63) is 78.8 Å². The van der Waals surface area contributed by atoms with Crippen LogP contribution in [0.2, 0.25) is 0 Å². The number of fused-ring (bicyclic) bond motifs is 1. The molecule has 2 aromatic heterocycles. The molecule has 1 fully saturated rings. The smallest absolute Gasteiger partial charge is 0.227 e. The van der Waals surface area contributed by atoms with Gasteiger partial charge in [0.25, 0.3) is 0 Å².